The second-order valence-electron chi connectivity index (χ2n) is 4.91. The molecule has 0 radical (unpaired) electrons. The number of nitrogens with zero attached hydrogens (tertiary/aromatic N) is 3. The highest BCUT2D eigenvalue weighted by atomic mass is 32.1. The molecule has 2 aromatic heterocycles. The molecule has 19 heavy (non-hydrogen) atoms. The van der Waals surface area contributed by atoms with Gasteiger partial charge in [0.05, 0.1) is 0 Å². The Bertz CT molecular complexity index is 522. The van der Waals surface area contributed by atoms with Crippen LogP contribution in [-0.2, 0) is 6.42 Å². The highest BCUT2D eigenvalue weighted by Crippen LogP contribution is 2.18. The van der Waals surface area contributed by atoms with Crippen molar-refractivity contribution in [1.82, 2.24) is 9.97 Å². The number of hydrogen-bond donors (Lipinski definition) is 1. The van der Waals surface area contributed by atoms with Crippen molar-refractivity contribution in [1.29, 1.82) is 0 Å². The predicted octanol–water partition coefficient (Wildman–Crippen LogP) is 2.92. The largest absolute Gasteiger partial charge is 0.384 e. The van der Waals surface area contributed by atoms with Crippen molar-refractivity contribution in [2.75, 3.05) is 24.2 Å². The first kappa shape index (κ1) is 13.8. The summed E-state index contributed by atoms with van der Waals surface area (Å²) in [5.74, 6) is 2.52. The number of rotatable bonds is 5. The Morgan fingerprint density at radius 1 is 1.37 bits per heavy atom. The molecular weight excluding hydrogens is 256 g/mol. The Morgan fingerprint density at radius 3 is 2.79 bits per heavy atom. The summed E-state index contributed by atoms with van der Waals surface area (Å²) >= 11 is 1.79. The first-order chi connectivity index (χ1) is 9.06. The maximum atomic E-state index is 5.85. The number of thiophene rings is 1. The normalized spacial score (nSPS) is 10.9. The summed E-state index contributed by atoms with van der Waals surface area (Å²) in [6, 6.07) is 6.08. The summed E-state index contributed by atoms with van der Waals surface area (Å²) in [6.45, 7) is 5.07. The van der Waals surface area contributed by atoms with E-state index in [9.17, 15) is 0 Å². The van der Waals surface area contributed by atoms with Crippen LogP contribution in [0.2, 0.25) is 0 Å². The molecule has 0 aromatic carbocycles. The van der Waals surface area contributed by atoms with Gasteiger partial charge in [0.15, 0.2) is 0 Å². The Morgan fingerprint density at radius 2 is 2.16 bits per heavy atom. The fraction of sp³-hybridized carbons (Fsp3) is 0.429. The number of aromatic nitrogens is 2. The average molecular weight is 276 g/mol. The van der Waals surface area contributed by atoms with Gasteiger partial charge in [0.1, 0.15) is 17.5 Å². The molecule has 102 valence electrons. The molecule has 0 amide bonds. The topological polar surface area (TPSA) is 55.0 Å². The molecule has 0 saturated carbocycles. The van der Waals surface area contributed by atoms with Gasteiger partial charge in [-0.15, -0.1) is 11.3 Å². The van der Waals surface area contributed by atoms with E-state index in [0.717, 1.165) is 24.6 Å². The lowest BCUT2D eigenvalue weighted by Crippen LogP contribution is -2.22. The minimum absolute atomic E-state index is 0.285. The minimum atomic E-state index is 0.285. The average Bonchev–Trinajstić information content (AvgIpc) is 2.88. The number of hydrogen-bond acceptors (Lipinski definition) is 5. The van der Waals surface area contributed by atoms with E-state index in [1.165, 1.54) is 4.88 Å². The standard InChI is InChI=1S/C14H20N4S/c1-10(2)14-16-12(15)9-13(17-14)18(3)7-6-11-5-4-8-19-11/h4-5,8-10H,6-7H2,1-3H3,(H2,15,16,17). The molecule has 0 unspecified atom stereocenters. The van der Waals surface area contributed by atoms with Crippen molar-refractivity contribution in [3.8, 4) is 0 Å². The maximum Gasteiger partial charge on any atom is 0.135 e. The summed E-state index contributed by atoms with van der Waals surface area (Å²) in [5, 5.41) is 2.11. The van der Waals surface area contributed by atoms with Gasteiger partial charge in [-0.05, 0) is 17.9 Å². The molecule has 2 aromatic rings. The molecule has 0 aliphatic heterocycles. The van der Waals surface area contributed by atoms with Crippen molar-refractivity contribution in [3.63, 3.8) is 0 Å². The SMILES string of the molecule is CC(C)c1nc(N)cc(N(C)CCc2cccs2)n1. The minimum Gasteiger partial charge on any atom is -0.384 e. The van der Waals surface area contributed by atoms with E-state index in [4.69, 9.17) is 5.73 Å². The van der Waals surface area contributed by atoms with Gasteiger partial charge >= 0.3 is 0 Å². The van der Waals surface area contributed by atoms with E-state index >= 15 is 0 Å². The number of nitrogens with two attached hydrogens (primary N) is 1. The van der Waals surface area contributed by atoms with Crippen LogP contribution in [-0.4, -0.2) is 23.6 Å². The van der Waals surface area contributed by atoms with Crippen molar-refractivity contribution in [2.45, 2.75) is 26.2 Å². The first-order valence-electron chi connectivity index (χ1n) is 6.44. The van der Waals surface area contributed by atoms with Crippen LogP contribution < -0.4 is 10.6 Å². The van der Waals surface area contributed by atoms with Gasteiger partial charge in [0.25, 0.3) is 0 Å². The molecule has 0 aliphatic carbocycles. The third-order valence-electron chi connectivity index (χ3n) is 2.93. The van der Waals surface area contributed by atoms with Crippen LogP contribution in [0.5, 0.6) is 0 Å². The lowest BCUT2D eigenvalue weighted by molar-refractivity contribution is 0.764. The van der Waals surface area contributed by atoms with Crippen LogP contribution in [0, 0.1) is 0 Å². The van der Waals surface area contributed by atoms with Crippen LogP contribution in [0.15, 0.2) is 23.6 Å². The highest BCUT2D eigenvalue weighted by Gasteiger charge is 2.10. The van der Waals surface area contributed by atoms with Gasteiger partial charge in [-0.1, -0.05) is 19.9 Å². The molecule has 5 heteroatoms. The van der Waals surface area contributed by atoms with Gasteiger partial charge < -0.3 is 10.6 Å². The van der Waals surface area contributed by atoms with Crippen molar-refractivity contribution < 1.29 is 0 Å². The molecule has 2 N–H and O–H groups in total. The van der Waals surface area contributed by atoms with Gasteiger partial charge in [0, 0.05) is 30.5 Å². The molecule has 0 aliphatic rings. The second-order valence-corrected chi connectivity index (χ2v) is 5.95. The van der Waals surface area contributed by atoms with Gasteiger partial charge in [-0.3, -0.25) is 0 Å². The van der Waals surface area contributed by atoms with Crippen LogP contribution >= 0.6 is 11.3 Å². The summed E-state index contributed by atoms with van der Waals surface area (Å²) < 4.78 is 0. The lowest BCUT2D eigenvalue weighted by Gasteiger charge is -2.19. The monoisotopic (exact) mass is 276 g/mol. The molecule has 2 rings (SSSR count). The highest BCUT2D eigenvalue weighted by molar-refractivity contribution is 7.09. The van der Waals surface area contributed by atoms with Crippen LogP contribution in [0.1, 0.15) is 30.5 Å². The smallest absolute Gasteiger partial charge is 0.135 e. The molecule has 2 heterocycles. The van der Waals surface area contributed by atoms with Gasteiger partial charge in [-0.2, -0.15) is 0 Å². The zero-order valence-electron chi connectivity index (χ0n) is 11.6. The third kappa shape index (κ3) is 3.67. The maximum absolute atomic E-state index is 5.85. The second kappa shape index (κ2) is 6.02. The summed E-state index contributed by atoms with van der Waals surface area (Å²) in [7, 11) is 2.04. The molecule has 0 fully saturated rings. The van der Waals surface area contributed by atoms with E-state index in [1.54, 1.807) is 11.3 Å². The molecular formula is C14H20N4S. The number of likely N-dealkylation sites (N-methyl/N-ethyl adjacent to an activating group) is 1. The number of nitrogen functional groups attached to an aromatic ring is 1. The van der Waals surface area contributed by atoms with Gasteiger partial charge in [-0.25, -0.2) is 9.97 Å². The number of anilines is 2. The quantitative estimate of drug-likeness (QED) is 0.912. The zero-order chi connectivity index (χ0) is 13.8. The molecule has 0 saturated heterocycles. The Kier molecular flexibility index (Phi) is 4.37. The predicted molar refractivity (Wildman–Crippen MR) is 81.8 cm³/mol. The van der Waals surface area contributed by atoms with Crippen LogP contribution in [0.4, 0.5) is 11.6 Å². The van der Waals surface area contributed by atoms with E-state index in [-0.39, 0.29) is 5.92 Å². The molecule has 0 spiro atoms. The third-order valence-corrected chi connectivity index (χ3v) is 3.87. The van der Waals surface area contributed by atoms with E-state index in [1.807, 2.05) is 13.1 Å². The zero-order valence-corrected chi connectivity index (χ0v) is 12.4. The Labute approximate surface area is 118 Å². The molecule has 4 nitrogen and oxygen atoms in total. The Hall–Kier alpha value is -1.62. The van der Waals surface area contributed by atoms with E-state index in [2.05, 4.69) is 46.2 Å². The van der Waals surface area contributed by atoms with Crippen LogP contribution in [0.25, 0.3) is 0 Å². The van der Waals surface area contributed by atoms with Crippen molar-refractivity contribution in [3.05, 3.63) is 34.3 Å². The van der Waals surface area contributed by atoms with E-state index < -0.39 is 0 Å². The van der Waals surface area contributed by atoms with Crippen LogP contribution in [0.3, 0.4) is 0 Å². The fourth-order valence-electron chi connectivity index (χ4n) is 1.77. The Balaban J connectivity index is 2.07. The van der Waals surface area contributed by atoms with Gasteiger partial charge in [0.2, 0.25) is 0 Å². The lowest BCUT2D eigenvalue weighted by atomic mass is 10.2. The summed E-state index contributed by atoms with van der Waals surface area (Å²) in [5.41, 5.74) is 5.85. The summed E-state index contributed by atoms with van der Waals surface area (Å²) in [4.78, 5) is 12.4. The fourth-order valence-corrected chi connectivity index (χ4v) is 2.47. The summed E-state index contributed by atoms with van der Waals surface area (Å²) in [6.07, 6.45) is 1.02. The van der Waals surface area contributed by atoms with Crippen molar-refractivity contribution >= 4 is 23.0 Å². The first-order valence-corrected chi connectivity index (χ1v) is 7.32. The molecule has 0 bridgehead atoms. The molecule has 0 atom stereocenters. The van der Waals surface area contributed by atoms with E-state index in [0.29, 0.717) is 5.82 Å². The van der Waals surface area contributed by atoms with Crippen molar-refractivity contribution in [2.24, 2.45) is 0 Å².